The van der Waals surface area contributed by atoms with Crippen molar-refractivity contribution < 1.29 is 19.1 Å². The SMILES string of the molecule is CCCC(C)N1CC2(CCN(C(=O)C3CCOCC3)CC2)OC1=O. The first-order valence-electron chi connectivity index (χ1n) is 9.41. The second-order valence-corrected chi connectivity index (χ2v) is 7.53. The van der Waals surface area contributed by atoms with Gasteiger partial charge < -0.3 is 19.3 Å². The average molecular weight is 338 g/mol. The predicted molar refractivity (Wildman–Crippen MR) is 89.6 cm³/mol. The molecule has 0 aromatic rings. The minimum absolute atomic E-state index is 0.111. The maximum absolute atomic E-state index is 12.6. The molecule has 3 aliphatic rings. The maximum Gasteiger partial charge on any atom is 0.410 e. The highest BCUT2D eigenvalue weighted by atomic mass is 16.6. The molecule has 1 unspecified atom stereocenters. The topological polar surface area (TPSA) is 59.1 Å². The lowest BCUT2D eigenvalue weighted by molar-refractivity contribution is -0.141. The number of hydrogen-bond donors (Lipinski definition) is 0. The third-order valence-electron chi connectivity index (χ3n) is 5.79. The van der Waals surface area contributed by atoms with E-state index in [0.717, 1.165) is 38.5 Å². The van der Waals surface area contributed by atoms with E-state index >= 15 is 0 Å². The summed E-state index contributed by atoms with van der Waals surface area (Å²) in [5, 5.41) is 0. The summed E-state index contributed by atoms with van der Waals surface area (Å²) < 4.78 is 11.1. The third kappa shape index (κ3) is 3.53. The lowest BCUT2D eigenvalue weighted by Gasteiger charge is -2.39. The fourth-order valence-electron chi connectivity index (χ4n) is 4.16. The van der Waals surface area contributed by atoms with Gasteiger partial charge in [-0.25, -0.2) is 4.79 Å². The Hall–Kier alpha value is -1.30. The van der Waals surface area contributed by atoms with Crippen LogP contribution >= 0.6 is 0 Å². The fourth-order valence-corrected chi connectivity index (χ4v) is 4.16. The summed E-state index contributed by atoms with van der Waals surface area (Å²) >= 11 is 0. The molecule has 3 fully saturated rings. The van der Waals surface area contributed by atoms with Crippen molar-refractivity contribution in [2.24, 2.45) is 5.92 Å². The van der Waals surface area contributed by atoms with Crippen LogP contribution in [0.3, 0.4) is 0 Å². The molecule has 0 bridgehead atoms. The van der Waals surface area contributed by atoms with Crippen LogP contribution in [0.4, 0.5) is 4.79 Å². The monoisotopic (exact) mass is 338 g/mol. The summed E-state index contributed by atoms with van der Waals surface area (Å²) in [6.07, 6.45) is 5.05. The Morgan fingerprint density at radius 3 is 2.58 bits per heavy atom. The van der Waals surface area contributed by atoms with E-state index in [4.69, 9.17) is 9.47 Å². The Kier molecular flexibility index (Phi) is 5.33. The zero-order valence-electron chi connectivity index (χ0n) is 15.0. The Bertz CT molecular complexity index is 468. The molecule has 0 saturated carbocycles. The summed E-state index contributed by atoms with van der Waals surface area (Å²) in [6.45, 7) is 7.67. The number of carbonyl (C=O) groups is 2. The minimum Gasteiger partial charge on any atom is -0.441 e. The minimum atomic E-state index is -0.383. The van der Waals surface area contributed by atoms with E-state index in [1.807, 2.05) is 9.80 Å². The second-order valence-electron chi connectivity index (χ2n) is 7.53. The van der Waals surface area contributed by atoms with Crippen LogP contribution in [0.5, 0.6) is 0 Å². The van der Waals surface area contributed by atoms with Gasteiger partial charge in [0.2, 0.25) is 5.91 Å². The molecule has 6 heteroatoms. The molecular weight excluding hydrogens is 308 g/mol. The van der Waals surface area contributed by atoms with E-state index in [1.165, 1.54) is 0 Å². The van der Waals surface area contributed by atoms with Gasteiger partial charge in [0.15, 0.2) is 0 Å². The van der Waals surface area contributed by atoms with E-state index in [2.05, 4.69) is 13.8 Å². The Morgan fingerprint density at radius 2 is 1.96 bits per heavy atom. The number of piperidine rings is 1. The van der Waals surface area contributed by atoms with Crippen LogP contribution in [0.2, 0.25) is 0 Å². The van der Waals surface area contributed by atoms with Crippen LogP contribution in [-0.2, 0) is 14.3 Å². The first-order valence-corrected chi connectivity index (χ1v) is 9.41. The molecule has 3 rings (SSSR count). The zero-order chi connectivity index (χ0) is 17.2. The standard InChI is InChI=1S/C18H30N2O4/c1-3-4-14(2)20-13-18(24-17(20)22)7-9-19(10-8-18)16(21)15-5-11-23-12-6-15/h14-15H,3-13H2,1-2H3. The first kappa shape index (κ1) is 17.5. The lowest BCUT2D eigenvalue weighted by Crippen LogP contribution is -2.50. The highest BCUT2D eigenvalue weighted by molar-refractivity contribution is 5.79. The number of carbonyl (C=O) groups excluding carboxylic acids is 2. The molecule has 0 N–H and O–H groups in total. The van der Waals surface area contributed by atoms with Gasteiger partial charge in [-0.2, -0.15) is 0 Å². The Morgan fingerprint density at radius 1 is 1.29 bits per heavy atom. The Balaban J connectivity index is 1.54. The molecule has 0 aliphatic carbocycles. The van der Waals surface area contributed by atoms with E-state index < -0.39 is 0 Å². The first-order chi connectivity index (χ1) is 11.5. The lowest BCUT2D eigenvalue weighted by atomic mass is 9.89. The van der Waals surface area contributed by atoms with Crippen molar-refractivity contribution in [3.05, 3.63) is 0 Å². The van der Waals surface area contributed by atoms with Gasteiger partial charge in [0.1, 0.15) is 5.60 Å². The largest absolute Gasteiger partial charge is 0.441 e. The smallest absolute Gasteiger partial charge is 0.410 e. The fraction of sp³-hybridized carbons (Fsp3) is 0.889. The van der Waals surface area contributed by atoms with Gasteiger partial charge in [-0.15, -0.1) is 0 Å². The van der Waals surface area contributed by atoms with Crippen molar-refractivity contribution >= 4 is 12.0 Å². The number of likely N-dealkylation sites (tertiary alicyclic amines) is 1. The van der Waals surface area contributed by atoms with Crippen LogP contribution in [0.1, 0.15) is 52.4 Å². The molecule has 0 aromatic carbocycles. The van der Waals surface area contributed by atoms with Gasteiger partial charge in [-0.1, -0.05) is 13.3 Å². The van der Waals surface area contributed by atoms with Crippen LogP contribution < -0.4 is 0 Å². The van der Waals surface area contributed by atoms with Crippen LogP contribution in [0.25, 0.3) is 0 Å². The van der Waals surface area contributed by atoms with Crippen LogP contribution in [0.15, 0.2) is 0 Å². The van der Waals surface area contributed by atoms with Gasteiger partial charge in [-0.05, 0) is 26.2 Å². The number of ether oxygens (including phenoxy) is 2. The molecule has 0 aromatic heterocycles. The van der Waals surface area contributed by atoms with Crippen molar-refractivity contribution in [3.8, 4) is 0 Å². The molecule has 1 spiro atoms. The predicted octanol–water partition coefficient (Wildman–Crippen LogP) is 2.42. The van der Waals surface area contributed by atoms with Crippen molar-refractivity contribution in [1.29, 1.82) is 0 Å². The van der Waals surface area contributed by atoms with Crippen molar-refractivity contribution in [2.45, 2.75) is 64.0 Å². The van der Waals surface area contributed by atoms with Gasteiger partial charge in [-0.3, -0.25) is 4.79 Å². The van der Waals surface area contributed by atoms with E-state index in [0.29, 0.717) is 32.8 Å². The molecule has 136 valence electrons. The van der Waals surface area contributed by atoms with E-state index in [-0.39, 0.29) is 29.6 Å². The normalized spacial score (nSPS) is 25.8. The molecular formula is C18H30N2O4. The quantitative estimate of drug-likeness (QED) is 0.790. The average Bonchev–Trinajstić information content (AvgIpc) is 2.92. The summed E-state index contributed by atoms with van der Waals surface area (Å²) in [6, 6.07) is 0.226. The van der Waals surface area contributed by atoms with Crippen LogP contribution in [-0.4, -0.2) is 66.3 Å². The van der Waals surface area contributed by atoms with Crippen molar-refractivity contribution in [3.63, 3.8) is 0 Å². The summed E-state index contributed by atoms with van der Waals surface area (Å²) in [5.74, 6) is 0.369. The maximum atomic E-state index is 12.6. The summed E-state index contributed by atoms with van der Waals surface area (Å²) in [4.78, 5) is 28.7. The molecule has 2 amide bonds. The highest BCUT2D eigenvalue weighted by Gasteiger charge is 2.48. The van der Waals surface area contributed by atoms with Gasteiger partial charge >= 0.3 is 6.09 Å². The molecule has 3 heterocycles. The molecule has 24 heavy (non-hydrogen) atoms. The molecule has 3 saturated heterocycles. The second kappa shape index (κ2) is 7.30. The summed E-state index contributed by atoms with van der Waals surface area (Å²) in [7, 11) is 0. The highest BCUT2D eigenvalue weighted by Crippen LogP contribution is 2.35. The third-order valence-corrected chi connectivity index (χ3v) is 5.79. The van der Waals surface area contributed by atoms with E-state index in [1.54, 1.807) is 0 Å². The summed E-state index contributed by atoms with van der Waals surface area (Å²) in [5.41, 5.74) is -0.383. The zero-order valence-corrected chi connectivity index (χ0v) is 15.0. The molecule has 3 aliphatic heterocycles. The number of amides is 2. The number of nitrogens with zero attached hydrogens (tertiary/aromatic N) is 2. The molecule has 1 atom stereocenters. The molecule has 0 radical (unpaired) electrons. The van der Waals surface area contributed by atoms with E-state index in [9.17, 15) is 9.59 Å². The number of rotatable bonds is 4. The van der Waals surface area contributed by atoms with Gasteiger partial charge in [0, 0.05) is 51.1 Å². The van der Waals surface area contributed by atoms with Crippen molar-refractivity contribution in [1.82, 2.24) is 9.80 Å². The van der Waals surface area contributed by atoms with Gasteiger partial charge in [0.25, 0.3) is 0 Å². The van der Waals surface area contributed by atoms with Gasteiger partial charge in [0.05, 0.1) is 6.54 Å². The molecule has 6 nitrogen and oxygen atoms in total. The van der Waals surface area contributed by atoms with Crippen molar-refractivity contribution in [2.75, 3.05) is 32.8 Å². The Labute approximate surface area is 144 Å². The number of hydrogen-bond acceptors (Lipinski definition) is 4. The van der Waals surface area contributed by atoms with Crippen LogP contribution in [0, 0.1) is 5.92 Å².